The van der Waals surface area contributed by atoms with Crippen molar-refractivity contribution in [2.75, 3.05) is 16.8 Å². The molecule has 1 aliphatic heterocycles. The summed E-state index contributed by atoms with van der Waals surface area (Å²) in [7, 11) is -2.79. The lowest BCUT2D eigenvalue weighted by molar-refractivity contribution is 0.560. The van der Waals surface area contributed by atoms with E-state index >= 15 is 0 Å². The fourth-order valence-corrected chi connectivity index (χ4v) is 5.82. The molecule has 2 aromatic rings. The van der Waals surface area contributed by atoms with Crippen molar-refractivity contribution >= 4 is 36.9 Å². The van der Waals surface area contributed by atoms with Gasteiger partial charge in [0, 0.05) is 6.04 Å². The van der Waals surface area contributed by atoms with Crippen LogP contribution in [0.2, 0.25) is 0 Å². The van der Waals surface area contributed by atoms with E-state index in [0.29, 0.717) is 11.5 Å². The second kappa shape index (κ2) is 5.53. The maximum atomic E-state index is 11.5. The molecule has 1 aromatic heterocycles. The van der Waals surface area contributed by atoms with Crippen LogP contribution in [0.5, 0.6) is 0 Å². The summed E-state index contributed by atoms with van der Waals surface area (Å²) in [5.74, 6) is 1.54. The second-order valence-corrected chi connectivity index (χ2v) is 9.84. The number of hydrogen-bond donors (Lipinski definition) is 1. The van der Waals surface area contributed by atoms with Gasteiger partial charge in [0.15, 0.2) is 0 Å². The van der Waals surface area contributed by atoms with Gasteiger partial charge in [-0.3, -0.25) is 0 Å². The Labute approximate surface area is 135 Å². The lowest BCUT2D eigenvalue weighted by Gasteiger charge is -2.24. The molecule has 0 amide bonds. The molecule has 1 N–H and O–H groups in total. The first-order chi connectivity index (χ1) is 10.6. The van der Waals surface area contributed by atoms with E-state index in [-0.39, 0.29) is 6.04 Å². The maximum absolute atomic E-state index is 11.5. The van der Waals surface area contributed by atoms with E-state index in [1.807, 2.05) is 11.3 Å². The van der Waals surface area contributed by atoms with Crippen molar-refractivity contribution in [2.45, 2.75) is 38.1 Å². The molecule has 1 saturated heterocycles. The second-order valence-electron chi connectivity index (χ2n) is 6.66. The first-order valence-electron chi connectivity index (χ1n) is 8.07. The van der Waals surface area contributed by atoms with Gasteiger partial charge >= 0.3 is 0 Å². The largest absolute Gasteiger partial charge is 0.381 e. The van der Waals surface area contributed by atoms with Crippen LogP contribution in [0.15, 0.2) is 23.6 Å². The van der Waals surface area contributed by atoms with Crippen LogP contribution in [0.1, 0.15) is 31.2 Å². The number of nitrogens with one attached hydrogen (secondary N) is 1. The molecule has 1 aliphatic carbocycles. The summed E-state index contributed by atoms with van der Waals surface area (Å²) in [5, 5.41) is 7.27. The summed E-state index contributed by atoms with van der Waals surface area (Å²) < 4.78 is 24.4. The first-order valence-corrected chi connectivity index (χ1v) is 10.8. The number of anilines is 1. The van der Waals surface area contributed by atoms with Crippen molar-refractivity contribution in [1.29, 1.82) is 0 Å². The van der Waals surface area contributed by atoms with Gasteiger partial charge in [0.25, 0.3) is 0 Å². The Bertz CT molecular complexity index is 776. The zero-order valence-corrected chi connectivity index (χ0v) is 14.2. The Morgan fingerprint density at radius 3 is 2.64 bits per heavy atom. The van der Waals surface area contributed by atoms with E-state index < -0.39 is 9.84 Å². The minimum atomic E-state index is -2.79. The zero-order chi connectivity index (χ0) is 15.2. The van der Waals surface area contributed by atoms with Crippen molar-refractivity contribution in [3.8, 4) is 0 Å². The molecule has 0 radical (unpaired) electrons. The molecule has 1 saturated carbocycles. The molecule has 2 fully saturated rings. The minimum absolute atomic E-state index is 0.281. The number of fused-ring (bicyclic) bond motifs is 1. The average molecular weight is 335 g/mol. The van der Waals surface area contributed by atoms with E-state index in [4.69, 9.17) is 0 Å². The van der Waals surface area contributed by atoms with Crippen LogP contribution in [0.4, 0.5) is 5.69 Å². The quantitative estimate of drug-likeness (QED) is 0.923. The van der Waals surface area contributed by atoms with Crippen LogP contribution >= 0.6 is 11.3 Å². The smallest absolute Gasteiger partial charge is 0.150 e. The Morgan fingerprint density at radius 2 is 1.91 bits per heavy atom. The topological polar surface area (TPSA) is 46.2 Å². The highest BCUT2D eigenvalue weighted by molar-refractivity contribution is 7.91. The lowest BCUT2D eigenvalue weighted by atomic mass is 10.1. The number of rotatable bonds is 4. The van der Waals surface area contributed by atoms with Crippen molar-refractivity contribution < 1.29 is 8.42 Å². The van der Waals surface area contributed by atoms with Crippen LogP contribution < -0.4 is 5.32 Å². The van der Waals surface area contributed by atoms with Gasteiger partial charge < -0.3 is 5.32 Å². The molecule has 0 bridgehead atoms. The molecule has 5 heteroatoms. The average Bonchev–Trinajstić information content (AvgIpc) is 3.21. The number of benzene rings is 1. The molecule has 0 spiro atoms. The van der Waals surface area contributed by atoms with Crippen molar-refractivity contribution in [3.63, 3.8) is 0 Å². The number of thiophene rings is 1. The van der Waals surface area contributed by atoms with Crippen LogP contribution in [-0.4, -0.2) is 26.0 Å². The molecule has 2 aliphatic rings. The molecular formula is C17H21NO2S2. The van der Waals surface area contributed by atoms with E-state index in [2.05, 4.69) is 28.9 Å². The van der Waals surface area contributed by atoms with Crippen LogP contribution in [0, 0.1) is 5.92 Å². The van der Waals surface area contributed by atoms with Gasteiger partial charge in [0.05, 0.1) is 21.9 Å². The summed E-state index contributed by atoms with van der Waals surface area (Å²) in [4.78, 5) is 0. The third kappa shape index (κ3) is 3.01. The molecule has 0 unspecified atom stereocenters. The fourth-order valence-electron chi connectivity index (χ4n) is 3.27. The van der Waals surface area contributed by atoms with E-state index in [1.165, 1.54) is 40.6 Å². The van der Waals surface area contributed by atoms with Gasteiger partial charge in [-0.2, -0.15) is 0 Å². The molecule has 2 heterocycles. The monoisotopic (exact) mass is 335 g/mol. The first kappa shape index (κ1) is 14.5. The third-order valence-electron chi connectivity index (χ3n) is 4.80. The molecule has 4 rings (SSSR count). The summed E-state index contributed by atoms with van der Waals surface area (Å²) in [6, 6.07) is 6.75. The Morgan fingerprint density at radius 1 is 1.14 bits per heavy atom. The van der Waals surface area contributed by atoms with Crippen molar-refractivity contribution in [3.05, 3.63) is 29.1 Å². The SMILES string of the molecule is O=S1(=O)CCC(Nc2cccc3c(CC4CC4)csc23)CC1. The number of sulfone groups is 1. The molecule has 22 heavy (non-hydrogen) atoms. The summed E-state index contributed by atoms with van der Waals surface area (Å²) in [5.41, 5.74) is 2.66. The third-order valence-corrected chi connectivity index (χ3v) is 7.59. The molecule has 0 atom stereocenters. The predicted molar refractivity (Wildman–Crippen MR) is 93.6 cm³/mol. The van der Waals surface area contributed by atoms with Gasteiger partial charge in [-0.15, -0.1) is 11.3 Å². The van der Waals surface area contributed by atoms with Crippen molar-refractivity contribution in [1.82, 2.24) is 0 Å². The predicted octanol–water partition coefficient (Wildman–Crippen LogP) is 3.84. The summed E-state index contributed by atoms with van der Waals surface area (Å²) in [6.45, 7) is 0. The molecular weight excluding hydrogens is 314 g/mol. The van der Waals surface area contributed by atoms with Gasteiger partial charge in [-0.1, -0.05) is 12.1 Å². The van der Waals surface area contributed by atoms with Gasteiger partial charge in [0.2, 0.25) is 0 Å². The van der Waals surface area contributed by atoms with Crippen LogP contribution in [-0.2, 0) is 16.3 Å². The maximum Gasteiger partial charge on any atom is 0.150 e. The standard InChI is InChI=1S/C17H21NO2S2/c19-22(20)8-6-14(7-9-22)18-16-3-1-2-15-13(10-12-4-5-12)11-21-17(15)16/h1-3,11-12,14,18H,4-10H2. The van der Waals surface area contributed by atoms with E-state index in [0.717, 1.165) is 18.8 Å². The van der Waals surface area contributed by atoms with Gasteiger partial charge in [0.1, 0.15) is 9.84 Å². The highest BCUT2D eigenvalue weighted by Crippen LogP contribution is 2.39. The summed E-state index contributed by atoms with van der Waals surface area (Å²) >= 11 is 1.82. The Balaban J connectivity index is 1.55. The molecule has 3 nitrogen and oxygen atoms in total. The summed E-state index contributed by atoms with van der Waals surface area (Å²) in [6.07, 6.45) is 5.42. The molecule has 118 valence electrons. The highest BCUT2D eigenvalue weighted by atomic mass is 32.2. The van der Waals surface area contributed by atoms with Crippen molar-refractivity contribution in [2.24, 2.45) is 5.92 Å². The lowest BCUT2D eigenvalue weighted by Crippen LogP contribution is -2.32. The fraction of sp³-hybridized carbons (Fsp3) is 0.529. The minimum Gasteiger partial charge on any atom is -0.381 e. The molecule has 1 aromatic carbocycles. The van der Waals surface area contributed by atoms with Gasteiger partial charge in [-0.05, 0) is 60.4 Å². The highest BCUT2D eigenvalue weighted by Gasteiger charge is 2.25. The Hall–Kier alpha value is -1.07. The Kier molecular flexibility index (Phi) is 3.65. The zero-order valence-electron chi connectivity index (χ0n) is 12.5. The van der Waals surface area contributed by atoms with E-state index in [1.54, 1.807) is 0 Å². The number of hydrogen-bond acceptors (Lipinski definition) is 4. The van der Waals surface area contributed by atoms with E-state index in [9.17, 15) is 8.42 Å². The van der Waals surface area contributed by atoms with Gasteiger partial charge in [-0.25, -0.2) is 8.42 Å². The van der Waals surface area contributed by atoms with Crippen LogP contribution in [0.3, 0.4) is 0 Å². The normalized spacial score (nSPS) is 22.0. The van der Waals surface area contributed by atoms with Crippen LogP contribution in [0.25, 0.3) is 10.1 Å².